The van der Waals surface area contributed by atoms with E-state index in [0.717, 1.165) is 17.7 Å². The minimum Gasteiger partial charge on any atom is -0.484 e. The monoisotopic (exact) mass is 277 g/mol. The second-order valence-corrected chi connectivity index (χ2v) is 5.78. The molecule has 19 heavy (non-hydrogen) atoms. The number of rotatable bonds is 2. The molecule has 1 aromatic heterocycles. The Morgan fingerprint density at radius 1 is 1.37 bits per heavy atom. The summed E-state index contributed by atoms with van der Waals surface area (Å²) in [4.78, 5) is 1.26. The summed E-state index contributed by atoms with van der Waals surface area (Å²) in [7, 11) is 1.91. The van der Waals surface area contributed by atoms with Gasteiger partial charge in [0.1, 0.15) is 17.7 Å². The van der Waals surface area contributed by atoms with E-state index in [0.29, 0.717) is 0 Å². The molecule has 0 aliphatic carbocycles. The molecular weight excluding hydrogens is 261 g/mol. The fraction of sp³-hybridized carbons (Fsp3) is 0.333. The highest BCUT2D eigenvalue weighted by Gasteiger charge is 2.30. The van der Waals surface area contributed by atoms with Gasteiger partial charge in [-0.3, -0.25) is 0 Å². The van der Waals surface area contributed by atoms with Gasteiger partial charge in [-0.05, 0) is 49.2 Å². The maximum atomic E-state index is 13.4. The molecule has 1 aromatic carbocycles. The standard InChI is InChI=1S/C15H16FNOS/c1-9-5-6-19-15(9)14-8-12(17-2)11-7-10(16)3-4-13(11)18-14/h3-7,12,14,17H,8H2,1-2H3. The van der Waals surface area contributed by atoms with E-state index in [2.05, 4.69) is 23.7 Å². The lowest BCUT2D eigenvalue weighted by atomic mass is 9.95. The van der Waals surface area contributed by atoms with Crippen molar-refractivity contribution in [2.45, 2.75) is 25.5 Å². The Balaban J connectivity index is 1.98. The van der Waals surface area contributed by atoms with Crippen LogP contribution in [0.5, 0.6) is 5.75 Å². The van der Waals surface area contributed by atoms with Gasteiger partial charge in [-0.15, -0.1) is 11.3 Å². The normalized spacial score (nSPS) is 21.8. The van der Waals surface area contributed by atoms with Gasteiger partial charge in [0.25, 0.3) is 0 Å². The molecule has 2 aromatic rings. The Bertz CT molecular complexity index is 596. The summed E-state index contributed by atoms with van der Waals surface area (Å²) < 4.78 is 19.4. The van der Waals surface area contributed by atoms with Crippen LogP contribution < -0.4 is 10.1 Å². The molecule has 2 unspecified atom stereocenters. The van der Waals surface area contributed by atoms with Crippen molar-refractivity contribution in [2.75, 3.05) is 7.05 Å². The van der Waals surface area contributed by atoms with E-state index in [1.54, 1.807) is 23.5 Å². The molecule has 1 aliphatic rings. The average Bonchev–Trinajstić information content (AvgIpc) is 2.84. The zero-order valence-corrected chi connectivity index (χ0v) is 11.8. The number of hydrogen-bond donors (Lipinski definition) is 1. The van der Waals surface area contributed by atoms with Crippen LogP contribution in [0.4, 0.5) is 4.39 Å². The summed E-state index contributed by atoms with van der Waals surface area (Å²) in [6.45, 7) is 2.10. The predicted molar refractivity (Wildman–Crippen MR) is 75.2 cm³/mol. The first kappa shape index (κ1) is 12.6. The third kappa shape index (κ3) is 2.26. The number of thiophene rings is 1. The summed E-state index contributed by atoms with van der Waals surface area (Å²) in [5.74, 6) is 0.568. The van der Waals surface area contributed by atoms with Gasteiger partial charge < -0.3 is 10.1 Å². The summed E-state index contributed by atoms with van der Waals surface area (Å²) in [6.07, 6.45) is 0.879. The predicted octanol–water partition coefficient (Wildman–Crippen LogP) is 3.98. The summed E-state index contributed by atoms with van der Waals surface area (Å²) in [6, 6.07) is 6.98. The van der Waals surface area contributed by atoms with Gasteiger partial charge in [0.2, 0.25) is 0 Å². The van der Waals surface area contributed by atoms with Crippen LogP contribution in [0.1, 0.15) is 34.6 Å². The minimum absolute atomic E-state index is 0.0513. The summed E-state index contributed by atoms with van der Waals surface area (Å²) in [5, 5.41) is 5.34. The van der Waals surface area contributed by atoms with Crippen molar-refractivity contribution < 1.29 is 9.13 Å². The average molecular weight is 277 g/mol. The zero-order chi connectivity index (χ0) is 13.4. The van der Waals surface area contributed by atoms with Crippen LogP contribution >= 0.6 is 11.3 Å². The Hall–Kier alpha value is -1.39. The molecule has 2 atom stereocenters. The maximum Gasteiger partial charge on any atom is 0.135 e. The van der Waals surface area contributed by atoms with Gasteiger partial charge in [0.15, 0.2) is 0 Å². The van der Waals surface area contributed by atoms with Gasteiger partial charge in [-0.2, -0.15) is 0 Å². The molecule has 0 saturated heterocycles. The van der Waals surface area contributed by atoms with Gasteiger partial charge in [-0.1, -0.05) is 0 Å². The number of benzene rings is 1. The van der Waals surface area contributed by atoms with Crippen molar-refractivity contribution in [1.82, 2.24) is 5.32 Å². The number of nitrogens with one attached hydrogen (secondary N) is 1. The lowest BCUT2D eigenvalue weighted by Crippen LogP contribution is -2.26. The van der Waals surface area contributed by atoms with Crippen LogP contribution in [0.15, 0.2) is 29.6 Å². The second kappa shape index (κ2) is 4.94. The molecule has 4 heteroatoms. The molecule has 0 saturated carbocycles. The first-order chi connectivity index (χ1) is 9.19. The number of halogens is 1. The highest BCUT2D eigenvalue weighted by Crippen LogP contribution is 2.42. The third-order valence-electron chi connectivity index (χ3n) is 3.61. The van der Waals surface area contributed by atoms with Crippen LogP contribution in [0, 0.1) is 12.7 Å². The van der Waals surface area contributed by atoms with Gasteiger partial charge in [0, 0.05) is 22.9 Å². The van der Waals surface area contributed by atoms with E-state index in [-0.39, 0.29) is 18.0 Å². The molecule has 1 aliphatic heterocycles. The lowest BCUT2D eigenvalue weighted by molar-refractivity contribution is 0.156. The molecule has 0 fully saturated rings. The minimum atomic E-state index is -0.214. The zero-order valence-electron chi connectivity index (χ0n) is 10.9. The molecule has 0 amide bonds. The Kier molecular flexibility index (Phi) is 3.29. The number of fused-ring (bicyclic) bond motifs is 1. The molecule has 2 heterocycles. The maximum absolute atomic E-state index is 13.4. The lowest BCUT2D eigenvalue weighted by Gasteiger charge is -2.32. The van der Waals surface area contributed by atoms with E-state index >= 15 is 0 Å². The van der Waals surface area contributed by atoms with Gasteiger partial charge in [0.05, 0.1) is 0 Å². The number of aryl methyl sites for hydroxylation is 1. The summed E-state index contributed by atoms with van der Waals surface area (Å²) >= 11 is 1.72. The highest BCUT2D eigenvalue weighted by molar-refractivity contribution is 7.10. The first-order valence-corrected chi connectivity index (χ1v) is 7.24. The largest absolute Gasteiger partial charge is 0.484 e. The van der Waals surface area contributed by atoms with E-state index in [1.165, 1.54) is 16.5 Å². The second-order valence-electron chi connectivity index (χ2n) is 4.83. The molecule has 2 nitrogen and oxygen atoms in total. The van der Waals surface area contributed by atoms with Crippen molar-refractivity contribution in [3.8, 4) is 5.75 Å². The topological polar surface area (TPSA) is 21.3 Å². The summed E-state index contributed by atoms with van der Waals surface area (Å²) in [5.41, 5.74) is 2.17. The fourth-order valence-electron chi connectivity index (χ4n) is 2.59. The molecule has 100 valence electrons. The number of hydrogen-bond acceptors (Lipinski definition) is 3. The van der Waals surface area contributed by atoms with Gasteiger partial charge >= 0.3 is 0 Å². The van der Waals surface area contributed by atoms with Crippen molar-refractivity contribution in [1.29, 1.82) is 0 Å². The van der Waals surface area contributed by atoms with Crippen molar-refractivity contribution in [2.24, 2.45) is 0 Å². The molecule has 0 bridgehead atoms. The van der Waals surface area contributed by atoms with Crippen molar-refractivity contribution >= 4 is 11.3 Å². The van der Waals surface area contributed by atoms with E-state index in [9.17, 15) is 4.39 Å². The van der Waals surface area contributed by atoms with E-state index < -0.39 is 0 Å². The molecular formula is C15H16FNOS. The molecule has 1 N–H and O–H groups in total. The van der Waals surface area contributed by atoms with Crippen LogP contribution in [0.3, 0.4) is 0 Å². The van der Waals surface area contributed by atoms with Crippen LogP contribution in [-0.4, -0.2) is 7.05 Å². The fourth-order valence-corrected chi connectivity index (χ4v) is 3.56. The van der Waals surface area contributed by atoms with Crippen molar-refractivity contribution in [3.63, 3.8) is 0 Å². The molecule has 0 spiro atoms. The van der Waals surface area contributed by atoms with E-state index in [4.69, 9.17) is 4.74 Å². The Labute approximate surface area is 116 Å². The van der Waals surface area contributed by atoms with Crippen LogP contribution in [0.2, 0.25) is 0 Å². The highest BCUT2D eigenvalue weighted by atomic mass is 32.1. The van der Waals surface area contributed by atoms with E-state index in [1.807, 2.05) is 7.05 Å². The molecule has 0 radical (unpaired) electrons. The SMILES string of the molecule is CNC1CC(c2sccc2C)Oc2ccc(F)cc21. The quantitative estimate of drug-likeness (QED) is 0.896. The van der Waals surface area contributed by atoms with Crippen LogP contribution in [0.25, 0.3) is 0 Å². The van der Waals surface area contributed by atoms with Crippen molar-refractivity contribution in [3.05, 3.63) is 51.5 Å². The third-order valence-corrected chi connectivity index (χ3v) is 4.72. The molecule has 3 rings (SSSR count). The Morgan fingerprint density at radius 3 is 2.89 bits per heavy atom. The Morgan fingerprint density at radius 2 is 2.21 bits per heavy atom. The van der Waals surface area contributed by atoms with Gasteiger partial charge in [-0.25, -0.2) is 4.39 Å². The number of ether oxygens (including phenoxy) is 1. The smallest absolute Gasteiger partial charge is 0.135 e. The van der Waals surface area contributed by atoms with Crippen LogP contribution in [-0.2, 0) is 0 Å². The first-order valence-electron chi connectivity index (χ1n) is 6.36.